The fourth-order valence-corrected chi connectivity index (χ4v) is 2.65. The van der Waals surface area contributed by atoms with E-state index in [9.17, 15) is 0 Å². The maximum absolute atomic E-state index is 5.29. The summed E-state index contributed by atoms with van der Waals surface area (Å²) in [5.41, 5.74) is 1.73. The van der Waals surface area contributed by atoms with Gasteiger partial charge in [-0.25, -0.2) is 4.98 Å². The van der Waals surface area contributed by atoms with E-state index in [0.29, 0.717) is 35.3 Å². The number of hydrogen-bond donors (Lipinski definition) is 0. The van der Waals surface area contributed by atoms with Crippen molar-refractivity contribution in [2.24, 2.45) is 0 Å². The van der Waals surface area contributed by atoms with Gasteiger partial charge in [0.2, 0.25) is 0 Å². The average molecular weight is 317 g/mol. The number of benzene rings is 1. The van der Waals surface area contributed by atoms with Crippen LogP contribution in [0.5, 0.6) is 11.5 Å². The quantitative estimate of drug-likeness (QED) is 0.720. The fraction of sp³-hybridized carbons (Fsp3) is 0.267. The molecule has 0 spiro atoms. The molecular formula is C15H15N3O3S. The first-order valence-electron chi connectivity index (χ1n) is 6.65. The highest BCUT2D eigenvalue weighted by Crippen LogP contribution is 2.28. The highest BCUT2D eigenvalue weighted by molar-refractivity contribution is 7.09. The Morgan fingerprint density at radius 2 is 1.95 bits per heavy atom. The van der Waals surface area contributed by atoms with Crippen molar-refractivity contribution >= 4 is 11.3 Å². The van der Waals surface area contributed by atoms with Crippen LogP contribution in [0, 0.1) is 6.92 Å². The van der Waals surface area contributed by atoms with Gasteiger partial charge in [-0.3, -0.25) is 0 Å². The van der Waals surface area contributed by atoms with Crippen LogP contribution in [0.1, 0.15) is 16.4 Å². The molecule has 0 saturated heterocycles. The molecule has 0 aliphatic rings. The van der Waals surface area contributed by atoms with Crippen LogP contribution in [0.25, 0.3) is 11.6 Å². The molecule has 0 bridgehead atoms. The molecule has 0 radical (unpaired) electrons. The number of aryl methyl sites for hydroxylation is 1. The molecule has 114 valence electrons. The molecule has 0 atom stereocenters. The standard InChI is InChI=1S/C15H15N3O3S/c1-9-16-11(8-22-9)15-17-14(18-21-15)7-10-4-5-12(19-2)13(6-10)20-3/h4-6,8H,7H2,1-3H3. The molecule has 3 rings (SSSR count). The number of thiazole rings is 1. The van der Waals surface area contributed by atoms with Gasteiger partial charge in [0.25, 0.3) is 5.89 Å². The van der Waals surface area contributed by atoms with Crippen LogP contribution in [0.4, 0.5) is 0 Å². The zero-order chi connectivity index (χ0) is 15.5. The number of methoxy groups -OCH3 is 2. The number of nitrogens with zero attached hydrogens (tertiary/aromatic N) is 3. The molecule has 7 heteroatoms. The molecule has 0 aliphatic carbocycles. The highest BCUT2D eigenvalue weighted by Gasteiger charge is 2.13. The predicted molar refractivity (Wildman–Crippen MR) is 82.5 cm³/mol. The lowest BCUT2D eigenvalue weighted by atomic mass is 10.1. The summed E-state index contributed by atoms with van der Waals surface area (Å²) in [7, 11) is 3.22. The van der Waals surface area contributed by atoms with Gasteiger partial charge in [-0.15, -0.1) is 11.3 Å². The third-order valence-electron chi connectivity index (χ3n) is 3.12. The van der Waals surface area contributed by atoms with Gasteiger partial charge in [0.1, 0.15) is 5.69 Å². The summed E-state index contributed by atoms with van der Waals surface area (Å²) < 4.78 is 15.8. The molecule has 2 heterocycles. The first-order chi connectivity index (χ1) is 10.7. The van der Waals surface area contributed by atoms with Gasteiger partial charge in [-0.2, -0.15) is 4.98 Å². The summed E-state index contributed by atoms with van der Waals surface area (Å²) in [5.74, 6) is 2.42. The Morgan fingerprint density at radius 3 is 2.64 bits per heavy atom. The molecule has 0 aliphatic heterocycles. The van der Waals surface area contributed by atoms with Crippen LogP contribution in [0.2, 0.25) is 0 Å². The summed E-state index contributed by atoms with van der Waals surface area (Å²) in [5, 5.41) is 6.87. The molecule has 0 N–H and O–H groups in total. The Bertz CT molecular complexity index is 782. The second-order valence-electron chi connectivity index (χ2n) is 4.63. The van der Waals surface area contributed by atoms with Crippen molar-refractivity contribution in [1.82, 2.24) is 15.1 Å². The van der Waals surface area contributed by atoms with E-state index in [4.69, 9.17) is 14.0 Å². The topological polar surface area (TPSA) is 70.3 Å². The minimum Gasteiger partial charge on any atom is -0.493 e. The predicted octanol–water partition coefficient (Wildman–Crippen LogP) is 3.11. The third-order valence-corrected chi connectivity index (χ3v) is 3.89. The van der Waals surface area contributed by atoms with Crippen molar-refractivity contribution in [2.75, 3.05) is 14.2 Å². The third kappa shape index (κ3) is 2.94. The number of rotatable bonds is 5. The highest BCUT2D eigenvalue weighted by atomic mass is 32.1. The number of ether oxygens (including phenoxy) is 2. The molecule has 0 unspecified atom stereocenters. The van der Waals surface area contributed by atoms with E-state index in [2.05, 4.69) is 15.1 Å². The lowest BCUT2D eigenvalue weighted by Crippen LogP contribution is -1.95. The minimum absolute atomic E-state index is 0.444. The molecule has 0 fully saturated rings. The van der Waals surface area contributed by atoms with Gasteiger partial charge in [-0.05, 0) is 24.6 Å². The minimum atomic E-state index is 0.444. The van der Waals surface area contributed by atoms with Gasteiger partial charge >= 0.3 is 0 Å². The van der Waals surface area contributed by atoms with E-state index < -0.39 is 0 Å². The summed E-state index contributed by atoms with van der Waals surface area (Å²) >= 11 is 1.55. The summed E-state index contributed by atoms with van der Waals surface area (Å²) in [4.78, 5) is 8.72. The SMILES string of the molecule is COc1ccc(Cc2noc(-c3csc(C)n3)n2)cc1OC. The van der Waals surface area contributed by atoms with Crippen LogP contribution >= 0.6 is 11.3 Å². The maximum Gasteiger partial charge on any atom is 0.277 e. The van der Waals surface area contributed by atoms with Gasteiger partial charge in [0.05, 0.1) is 19.2 Å². The zero-order valence-corrected chi connectivity index (χ0v) is 13.3. The lowest BCUT2D eigenvalue weighted by molar-refractivity contribution is 0.354. The van der Waals surface area contributed by atoms with Crippen molar-refractivity contribution in [3.8, 4) is 23.1 Å². The van der Waals surface area contributed by atoms with E-state index in [1.54, 1.807) is 25.6 Å². The summed E-state index contributed by atoms with van der Waals surface area (Å²) in [6, 6.07) is 5.71. The van der Waals surface area contributed by atoms with Crippen molar-refractivity contribution < 1.29 is 14.0 Å². The van der Waals surface area contributed by atoms with Crippen LogP contribution in [0.3, 0.4) is 0 Å². The molecule has 3 aromatic rings. The van der Waals surface area contributed by atoms with E-state index in [1.807, 2.05) is 30.5 Å². The second-order valence-corrected chi connectivity index (χ2v) is 5.70. The molecule has 2 aromatic heterocycles. The Labute approximate surface area is 131 Å². The van der Waals surface area contributed by atoms with E-state index in [1.165, 1.54) is 0 Å². The molecule has 1 aromatic carbocycles. The Kier molecular flexibility index (Phi) is 4.06. The Balaban J connectivity index is 1.80. The number of hydrogen-bond acceptors (Lipinski definition) is 7. The van der Waals surface area contributed by atoms with Crippen molar-refractivity contribution in [3.63, 3.8) is 0 Å². The van der Waals surface area contributed by atoms with Crippen LogP contribution in [0.15, 0.2) is 28.1 Å². The first-order valence-corrected chi connectivity index (χ1v) is 7.53. The normalized spacial score (nSPS) is 10.7. The van der Waals surface area contributed by atoms with Gasteiger partial charge in [0.15, 0.2) is 17.3 Å². The largest absolute Gasteiger partial charge is 0.493 e. The van der Waals surface area contributed by atoms with Crippen molar-refractivity contribution in [3.05, 3.63) is 40.0 Å². The van der Waals surface area contributed by atoms with Gasteiger partial charge in [-0.1, -0.05) is 11.2 Å². The van der Waals surface area contributed by atoms with Gasteiger partial charge < -0.3 is 14.0 Å². The average Bonchev–Trinajstić information content (AvgIpc) is 3.16. The monoisotopic (exact) mass is 317 g/mol. The molecule has 6 nitrogen and oxygen atoms in total. The molecule has 0 saturated carbocycles. The van der Waals surface area contributed by atoms with Crippen molar-refractivity contribution in [1.29, 1.82) is 0 Å². The van der Waals surface area contributed by atoms with Crippen LogP contribution < -0.4 is 9.47 Å². The van der Waals surface area contributed by atoms with E-state index >= 15 is 0 Å². The smallest absolute Gasteiger partial charge is 0.277 e. The maximum atomic E-state index is 5.29. The number of aromatic nitrogens is 3. The first kappa shape index (κ1) is 14.5. The van der Waals surface area contributed by atoms with Gasteiger partial charge in [0, 0.05) is 11.8 Å². The lowest BCUT2D eigenvalue weighted by Gasteiger charge is -2.08. The fourth-order valence-electron chi connectivity index (χ4n) is 2.06. The van der Waals surface area contributed by atoms with E-state index in [0.717, 1.165) is 10.6 Å². The van der Waals surface area contributed by atoms with Crippen LogP contribution in [-0.2, 0) is 6.42 Å². The van der Waals surface area contributed by atoms with E-state index in [-0.39, 0.29) is 0 Å². The molecule has 22 heavy (non-hydrogen) atoms. The van der Waals surface area contributed by atoms with Crippen molar-refractivity contribution in [2.45, 2.75) is 13.3 Å². The van der Waals surface area contributed by atoms with Crippen LogP contribution in [-0.4, -0.2) is 29.3 Å². The summed E-state index contributed by atoms with van der Waals surface area (Å²) in [6.45, 7) is 1.94. The summed E-state index contributed by atoms with van der Waals surface area (Å²) in [6.07, 6.45) is 0.549. The molecular weight excluding hydrogens is 302 g/mol. The molecule has 0 amide bonds. The Morgan fingerprint density at radius 1 is 1.14 bits per heavy atom. The Hall–Kier alpha value is -2.41. The second kappa shape index (κ2) is 6.15. The zero-order valence-electron chi connectivity index (χ0n) is 12.5.